The minimum atomic E-state index is 0.724. The molecule has 0 aromatic carbocycles. The maximum atomic E-state index is 5.71. The molecule has 3 heteroatoms. The van der Waals surface area contributed by atoms with E-state index >= 15 is 0 Å². The largest absolute Gasteiger partial charge is 0.379 e. The smallest absolute Gasteiger partial charge is 0.0594 e. The Hall–Kier alpha value is -0.120. The lowest BCUT2D eigenvalue weighted by molar-refractivity contribution is 0.0870. The molecule has 20 heavy (non-hydrogen) atoms. The van der Waals surface area contributed by atoms with E-state index in [0.717, 1.165) is 50.6 Å². The molecule has 0 amide bonds. The van der Waals surface area contributed by atoms with E-state index in [2.05, 4.69) is 37.9 Å². The maximum Gasteiger partial charge on any atom is 0.0594 e. The van der Waals surface area contributed by atoms with Gasteiger partial charge in [-0.25, -0.2) is 0 Å². The minimum absolute atomic E-state index is 0.724. The zero-order chi connectivity index (χ0) is 14.8. The Bertz CT molecular complexity index is 223. The molecule has 0 unspecified atom stereocenters. The Kier molecular flexibility index (Phi) is 9.49. The average Bonchev–Trinajstić information content (AvgIpc) is 2.38. The van der Waals surface area contributed by atoms with E-state index in [1.165, 1.54) is 32.4 Å². The molecule has 120 valence electrons. The molecule has 3 nitrogen and oxygen atoms in total. The number of nitrogens with zero attached hydrogens (tertiary/aromatic N) is 1. The zero-order valence-electron chi connectivity index (χ0n) is 14.2. The van der Waals surface area contributed by atoms with Crippen LogP contribution in [-0.2, 0) is 4.74 Å². The quantitative estimate of drug-likeness (QED) is 0.624. The van der Waals surface area contributed by atoms with Crippen molar-refractivity contribution in [1.29, 1.82) is 0 Å². The summed E-state index contributed by atoms with van der Waals surface area (Å²) in [7, 11) is 0. The third kappa shape index (κ3) is 8.93. The molecule has 0 saturated carbocycles. The Labute approximate surface area is 126 Å². The SMILES string of the molecule is CC(C)CNCCOCCN1CCC(CC(C)C)CC1. The van der Waals surface area contributed by atoms with Gasteiger partial charge in [-0.2, -0.15) is 0 Å². The molecular formula is C17H36N2O. The van der Waals surface area contributed by atoms with E-state index in [4.69, 9.17) is 4.74 Å². The predicted octanol–water partition coefficient (Wildman–Crippen LogP) is 3.01. The van der Waals surface area contributed by atoms with Gasteiger partial charge in [0.15, 0.2) is 0 Å². The highest BCUT2D eigenvalue weighted by atomic mass is 16.5. The van der Waals surface area contributed by atoms with Crippen LogP contribution in [0.2, 0.25) is 0 Å². The van der Waals surface area contributed by atoms with E-state index in [0.29, 0.717) is 0 Å². The van der Waals surface area contributed by atoms with Crippen LogP contribution in [0.5, 0.6) is 0 Å². The summed E-state index contributed by atoms with van der Waals surface area (Å²) in [6, 6.07) is 0. The second-order valence-electron chi connectivity index (χ2n) is 7.12. The normalized spacial score (nSPS) is 18.3. The van der Waals surface area contributed by atoms with Crippen LogP contribution in [-0.4, -0.2) is 50.8 Å². The lowest BCUT2D eigenvalue weighted by atomic mass is 9.89. The van der Waals surface area contributed by atoms with Gasteiger partial charge >= 0.3 is 0 Å². The average molecular weight is 284 g/mol. The first-order valence-corrected chi connectivity index (χ1v) is 8.58. The van der Waals surface area contributed by atoms with E-state index in [1.54, 1.807) is 0 Å². The van der Waals surface area contributed by atoms with Crippen molar-refractivity contribution in [3.8, 4) is 0 Å². The van der Waals surface area contributed by atoms with E-state index in [1.807, 2.05) is 0 Å². The van der Waals surface area contributed by atoms with Gasteiger partial charge in [0.05, 0.1) is 13.2 Å². The van der Waals surface area contributed by atoms with Crippen molar-refractivity contribution in [2.24, 2.45) is 17.8 Å². The highest BCUT2D eigenvalue weighted by molar-refractivity contribution is 4.73. The van der Waals surface area contributed by atoms with Crippen molar-refractivity contribution in [3.63, 3.8) is 0 Å². The first-order chi connectivity index (χ1) is 9.58. The van der Waals surface area contributed by atoms with Crippen LogP contribution >= 0.6 is 0 Å². The number of likely N-dealkylation sites (tertiary alicyclic amines) is 1. The van der Waals surface area contributed by atoms with Gasteiger partial charge in [-0.3, -0.25) is 0 Å². The molecule has 1 N–H and O–H groups in total. The summed E-state index contributed by atoms with van der Waals surface area (Å²) in [6.07, 6.45) is 4.17. The van der Waals surface area contributed by atoms with E-state index in [9.17, 15) is 0 Å². The number of hydrogen-bond donors (Lipinski definition) is 1. The molecule has 0 atom stereocenters. The fourth-order valence-corrected chi connectivity index (χ4v) is 2.94. The van der Waals surface area contributed by atoms with E-state index < -0.39 is 0 Å². The fourth-order valence-electron chi connectivity index (χ4n) is 2.94. The first-order valence-electron chi connectivity index (χ1n) is 8.58. The molecule has 1 saturated heterocycles. The van der Waals surface area contributed by atoms with Gasteiger partial charge in [-0.1, -0.05) is 27.7 Å². The number of nitrogens with one attached hydrogen (secondary N) is 1. The summed E-state index contributed by atoms with van der Waals surface area (Å²) >= 11 is 0. The van der Waals surface area contributed by atoms with Crippen LogP contribution in [0.1, 0.15) is 47.0 Å². The zero-order valence-corrected chi connectivity index (χ0v) is 14.2. The molecule has 0 radical (unpaired) electrons. The predicted molar refractivity (Wildman–Crippen MR) is 87.1 cm³/mol. The molecule has 0 bridgehead atoms. The van der Waals surface area contributed by atoms with Gasteiger partial charge < -0.3 is 15.0 Å². The van der Waals surface area contributed by atoms with Gasteiger partial charge in [0.25, 0.3) is 0 Å². The van der Waals surface area contributed by atoms with Gasteiger partial charge in [-0.15, -0.1) is 0 Å². The molecule has 0 aromatic heterocycles. The van der Waals surface area contributed by atoms with Crippen LogP contribution in [0.4, 0.5) is 0 Å². The number of rotatable bonds is 10. The highest BCUT2D eigenvalue weighted by Gasteiger charge is 2.19. The second kappa shape index (κ2) is 10.6. The number of piperidine rings is 1. The molecule has 0 spiro atoms. The number of hydrogen-bond acceptors (Lipinski definition) is 3. The van der Waals surface area contributed by atoms with Crippen molar-refractivity contribution < 1.29 is 4.74 Å². The van der Waals surface area contributed by atoms with Crippen molar-refractivity contribution in [2.75, 3.05) is 45.9 Å². The highest BCUT2D eigenvalue weighted by Crippen LogP contribution is 2.23. The summed E-state index contributed by atoms with van der Waals surface area (Å²) in [4.78, 5) is 2.57. The van der Waals surface area contributed by atoms with Crippen LogP contribution in [0, 0.1) is 17.8 Å². The van der Waals surface area contributed by atoms with Gasteiger partial charge in [-0.05, 0) is 56.7 Å². The van der Waals surface area contributed by atoms with Gasteiger partial charge in [0, 0.05) is 13.1 Å². The van der Waals surface area contributed by atoms with Crippen molar-refractivity contribution in [3.05, 3.63) is 0 Å². The Morgan fingerprint density at radius 3 is 2.35 bits per heavy atom. The van der Waals surface area contributed by atoms with Crippen molar-refractivity contribution in [2.45, 2.75) is 47.0 Å². The summed E-state index contributed by atoms with van der Waals surface area (Å²) < 4.78 is 5.71. The Morgan fingerprint density at radius 2 is 1.75 bits per heavy atom. The van der Waals surface area contributed by atoms with Gasteiger partial charge in [0.2, 0.25) is 0 Å². The van der Waals surface area contributed by atoms with Crippen LogP contribution < -0.4 is 5.32 Å². The lowest BCUT2D eigenvalue weighted by Gasteiger charge is -2.32. The molecule has 0 aromatic rings. The fraction of sp³-hybridized carbons (Fsp3) is 1.00. The van der Waals surface area contributed by atoms with Gasteiger partial charge in [0.1, 0.15) is 0 Å². The molecule has 0 aliphatic carbocycles. The molecule has 1 aliphatic heterocycles. The monoisotopic (exact) mass is 284 g/mol. The molecule has 1 aliphatic rings. The van der Waals surface area contributed by atoms with Crippen LogP contribution in [0.25, 0.3) is 0 Å². The molecule has 1 rings (SSSR count). The Balaban J connectivity index is 1.91. The van der Waals surface area contributed by atoms with Crippen molar-refractivity contribution in [1.82, 2.24) is 10.2 Å². The summed E-state index contributed by atoms with van der Waals surface area (Å²) in [5.41, 5.74) is 0. The third-order valence-corrected chi connectivity index (χ3v) is 4.04. The second-order valence-corrected chi connectivity index (χ2v) is 7.12. The van der Waals surface area contributed by atoms with Crippen LogP contribution in [0.3, 0.4) is 0 Å². The third-order valence-electron chi connectivity index (χ3n) is 4.04. The van der Waals surface area contributed by atoms with Crippen molar-refractivity contribution >= 4 is 0 Å². The Morgan fingerprint density at radius 1 is 1.05 bits per heavy atom. The minimum Gasteiger partial charge on any atom is -0.379 e. The lowest BCUT2D eigenvalue weighted by Crippen LogP contribution is -2.36. The first kappa shape index (κ1) is 17.9. The standard InChI is InChI=1S/C17H36N2O/c1-15(2)13-17-5-8-19(9-6-17)10-12-20-11-7-18-14-16(3)4/h15-18H,5-14H2,1-4H3. The maximum absolute atomic E-state index is 5.71. The van der Waals surface area contributed by atoms with Crippen LogP contribution in [0.15, 0.2) is 0 Å². The summed E-state index contributed by atoms with van der Waals surface area (Å²) in [6.45, 7) is 16.6. The number of ether oxygens (including phenoxy) is 1. The summed E-state index contributed by atoms with van der Waals surface area (Å²) in [5.74, 6) is 2.54. The van der Waals surface area contributed by atoms with E-state index in [-0.39, 0.29) is 0 Å². The molecule has 1 heterocycles. The topological polar surface area (TPSA) is 24.5 Å². The molecular weight excluding hydrogens is 248 g/mol. The summed E-state index contributed by atoms with van der Waals surface area (Å²) in [5, 5.41) is 3.41. The molecule has 1 fully saturated rings.